The molecule has 0 aliphatic carbocycles. The predicted molar refractivity (Wildman–Crippen MR) is 64.2 cm³/mol. The van der Waals surface area contributed by atoms with Gasteiger partial charge in [0.05, 0.1) is 6.26 Å². The molecule has 2 N–H and O–H groups in total. The molecule has 0 spiro atoms. The highest BCUT2D eigenvalue weighted by Gasteiger charge is 2.27. The van der Waals surface area contributed by atoms with Gasteiger partial charge in [-0.1, -0.05) is 11.6 Å². The number of amides is 2. The minimum atomic E-state index is -0.299. The lowest BCUT2D eigenvalue weighted by atomic mass is 10.0. The van der Waals surface area contributed by atoms with Crippen molar-refractivity contribution in [1.29, 1.82) is 0 Å². The van der Waals surface area contributed by atoms with Gasteiger partial charge in [-0.25, -0.2) is 4.79 Å². The molecule has 2 heterocycles. The number of rotatable bonds is 1. The van der Waals surface area contributed by atoms with Crippen LogP contribution in [0.25, 0.3) is 0 Å². The van der Waals surface area contributed by atoms with Crippen LogP contribution in [0.1, 0.15) is 17.4 Å². The zero-order valence-electron chi connectivity index (χ0n) is 8.74. The molecule has 4 nitrogen and oxygen atoms in total. The fourth-order valence-corrected chi connectivity index (χ4v) is 2.11. The fourth-order valence-electron chi connectivity index (χ4n) is 1.93. The van der Waals surface area contributed by atoms with Crippen molar-refractivity contribution in [1.82, 2.24) is 5.32 Å². The molecule has 0 bridgehead atoms. The Morgan fingerprint density at radius 3 is 2.94 bits per heavy atom. The maximum atomic E-state index is 11.5. The Bertz CT molecular complexity index is 566. The van der Waals surface area contributed by atoms with Crippen LogP contribution in [0, 0.1) is 0 Å². The van der Waals surface area contributed by atoms with Crippen LogP contribution in [0.2, 0.25) is 5.02 Å². The van der Waals surface area contributed by atoms with E-state index >= 15 is 0 Å². The van der Waals surface area contributed by atoms with E-state index in [0.29, 0.717) is 10.8 Å². The average Bonchev–Trinajstić information content (AvgIpc) is 2.82. The van der Waals surface area contributed by atoms with Crippen LogP contribution in [-0.2, 0) is 0 Å². The summed E-state index contributed by atoms with van der Waals surface area (Å²) in [6.07, 6.45) is 1.58. The van der Waals surface area contributed by atoms with E-state index in [0.717, 1.165) is 11.3 Å². The molecule has 5 heteroatoms. The molecular weight excluding hydrogens is 240 g/mol. The lowest BCUT2D eigenvalue weighted by Crippen LogP contribution is -2.38. The normalized spacial score (nSPS) is 18.2. The minimum Gasteiger partial charge on any atom is -0.467 e. The number of urea groups is 1. The minimum absolute atomic E-state index is 0.249. The third kappa shape index (κ3) is 1.76. The van der Waals surface area contributed by atoms with Crippen LogP contribution in [0.5, 0.6) is 0 Å². The molecule has 1 aliphatic heterocycles. The number of furan rings is 1. The van der Waals surface area contributed by atoms with Crippen molar-refractivity contribution in [2.45, 2.75) is 6.04 Å². The SMILES string of the molecule is O=C1Nc2ccc(Cl)cc2C(c2ccco2)N1. The number of halogens is 1. The molecule has 1 aromatic carbocycles. The highest BCUT2D eigenvalue weighted by atomic mass is 35.5. The van der Waals surface area contributed by atoms with E-state index in [9.17, 15) is 4.79 Å². The van der Waals surface area contributed by atoms with E-state index in [1.165, 1.54) is 0 Å². The van der Waals surface area contributed by atoms with Crippen LogP contribution >= 0.6 is 11.6 Å². The lowest BCUT2D eigenvalue weighted by Gasteiger charge is -2.26. The van der Waals surface area contributed by atoms with Gasteiger partial charge in [-0.15, -0.1) is 0 Å². The van der Waals surface area contributed by atoms with Gasteiger partial charge in [0.15, 0.2) is 0 Å². The van der Waals surface area contributed by atoms with E-state index < -0.39 is 0 Å². The Labute approximate surface area is 103 Å². The summed E-state index contributed by atoms with van der Waals surface area (Å²) in [5.74, 6) is 0.684. The molecule has 17 heavy (non-hydrogen) atoms. The summed E-state index contributed by atoms with van der Waals surface area (Å²) < 4.78 is 5.33. The summed E-state index contributed by atoms with van der Waals surface area (Å²) in [6, 6.07) is 8.40. The van der Waals surface area contributed by atoms with Crippen molar-refractivity contribution in [3.63, 3.8) is 0 Å². The van der Waals surface area contributed by atoms with Crippen LogP contribution < -0.4 is 10.6 Å². The zero-order valence-corrected chi connectivity index (χ0v) is 9.49. The fraction of sp³-hybridized carbons (Fsp3) is 0.0833. The number of hydrogen-bond acceptors (Lipinski definition) is 2. The van der Waals surface area contributed by atoms with Gasteiger partial charge in [0.25, 0.3) is 0 Å². The number of benzene rings is 1. The van der Waals surface area contributed by atoms with E-state index in [1.807, 2.05) is 12.1 Å². The second kappa shape index (κ2) is 3.82. The first-order valence-corrected chi connectivity index (χ1v) is 5.52. The van der Waals surface area contributed by atoms with Gasteiger partial charge in [-0.2, -0.15) is 0 Å². The van der Waals surface area contributed by atoms with Gasteiger partial charge >= 0.3 is 6.03 Å². The maximum Gasteiger partial charge on any atom is 0.320 e. The number of hydrogen-bond donors (Lipinski definition) is 2. The topological polar surface area (TPSA) is 54.3 Å². The van der Waals surface area contributed by atoms with E-state index in [-0.39, 0.29) is 12.1 Å². The quantitative estimate of drug-likeness (QED) is 0.815. The van der Waals surface area contributed by atoms with Crippen molar-refractivity contribution in [2.75, 3.05) is 5.32 Å². The molecule has 2 aromatic rings. The van der Waals surface area contributed by atoms with Crippen molar-refractivity contribution in [2.24, 2.45) is 0 Å². The molecule has 2 amide bonds. The first-order chi connectivity index (χ1) is 8.24. The van der Waals surface area contributed by atoms with Gasteiger partial charge in [0.2, 0.25) is 0 Å². The Kier molecular flexibility index (Phi) is 2.30. The summed E-state index contributed by atoms with van der Waals surface area (Å²) in [7, 11) is 0. The Morgan fingerprint density at radius 2 is 2.18 bits per heavy atom. The van der Waals surface area contributed by atoms with E-state index in [4.69, 9.17) is 16.0 Å². The predicted octanol–water partition coefficient (Wildman–Crippen LogP) is 3.16. The second-order valence-electron chi connectivity index (χ2n) is 3.78. The van der Waals surface area contributed by atoms with E-state index in [1.54, 1.807) is 24.5 Å². The first kappa shape index (κ1) is 10.2. The van der Waals surface area contributed by atoms with Crippen molar-refractivity contribution < 1.29 is 9.21 Å². The summed E-state index contributed by atoms with van der Waals surface area (Å²) in [5, 5.41) is 6.15. The second-order valence-corrected chi connectivity index (χ2v) is 4.21. The molecule has 1 aliphatic rings. The summed E-state index contributed by atoms with van der Waals surface area (Å²) in [4.78, 5) is 11.5. The zero-order chi connectivity index (χ0) is 11.8. The van der Waals surface area contributed by atoms with Crippen LogP contribution in [0.4, 0.5) is 10.5 Å². The van der Waals surface area contributed by atoms with Crippen molar-refractivity contribution in [3.05, 3.63) is 52.9 Å². The molecule has 0 fully saturated rings. The largest absolute Gasteiger partial charge is 0.467 e. The molecule has 1 aromatic heterocycles. The van der Waals surface area contributed by atoms with E-state index in [2.05, 4.69) is 10.6 Å². The summed E-state index contributed by atoms with van der Waals surface area (Å²) >= 11 is 5.97. The molecule has 0 saturated heterocycles. The van der Waals surface area contributed by atoms with Gasteiger partial charge in [0, 0.05) is 16.3 Å². The molecule has 86 valence electrons. The molecule has 1 atom stereocenters. The Morgan fingerprint density at radius 1 is 1.29 bits per heavy atom. The monoisotopic (exact) mass is 248 g/mol. The summed E-state index contributed by atoms with van der Waals surface area (Å²) in [5.41, 5.74) is 1.65. The number of carbonyl (C=O) groups is 1. The van der Waals surface area contributed by atoms with Gasteiger partial charge in [0.1, 0.15) is 11.8 Å². The number of nitrogens with one attached hydrogen (secondary N) is 2. The Hall–Kier alpha value is -1.94. The lowest BCUT2D eigenvalue weighted by molar-refractivity contribution is 0.247. The number of fused-ring (bicyclic) bond motifs is 1. The van der Waals surface area contributed by atoms with Gasteiger partial charge in [-0.05, 0) is 30.3 Å². The molecular formula is C12H9ClN2O2. The highest BCUT2D eigenvalue weighted by molar-refractivity contribution is 6.30. The number of anilines is 1. The van der Waals surface area contributed by atoms with Crippen molar-refractivity contribution >= 4 is 23.3 Å². The molecule has 0 radical (unpaired) electrons. The maximum absolute atomic E-state index is 11.5. The van der Waals surface area contributed by atoms with Crippen molar-refractivity contribution in [3.8, 4) is 0 Å². The Balaban J connectivity index is 2.13. The van der Waals surface area contributed by atoms with Gasteiger partial charge in [-0.3, -0.25) is 0 Å². The smallest absolute Gasteiger partial charge is 0.320 e. The van der Waals surface area contributed by atoms with Crippen LogP contribution in [-0.4, -0.2) is 6.03 Å². The molecule has 3 rings (SSSR count). The highest BCUT2D eigenvalue weighted by Crippen LogP contribution is 2.33. The van der Waals surface area contributed by atoms with Crippen LogP contribution in [0.15, 0.2) is 41.0 Å². The molecule has 0 saturated carbocycles. The average molecular weight is 249 g/mol. The third-order valence-corrected chi connectivity index (χ3v) is 2.91. The van der Waals surface area contributed by atoms with Gasteiger partial charge < -0.3 is 15.1 Å². The number of carbonyl (C=O) groups excluding carboxylic acids is 1. The van der Waals surface area contributed by atoms with Crippen LogP contribution in [0.3, 0.4) is 0 Å². The standard InChI is InChI=1S/C12H9ClN2O2/c13-7-3-4-9-8(6-7)11(15-12(16)14-9)10-2-1-5-17-10/h1-6,11H,(H2,14,15,16). The third-order valence-electron chi connectivity index (χ3n) is 2.68. The molecule has 1 unspecified atom stereocenters. The first-order valence-electron chi connectivity index (χ1n) is 5.14. The summed E-state index contributed by atoms with van der Waals surface area (Å²) in [6.45, 7) is 0.